The number of rotatable bonds is 2. The first-order valence-electron chi connectivity index (χ1n) is 6.68. The Morgan fingerprint density at radius 3 is 2.21 bits per heavy atom. The zero-order valence-electron chi connectivity index (χ0n) is 11.9. The Labute approximate surface area is 159 Å². The summed E-state index contributed by atoms with van der Waals surface area (Å²) in [6, 6.07) is 9.65. The molecule has 3 rings (SSSR count). The molecule has 0 amide bonds. The van der Waals surface area contributed by atoms with Crippen LogP contribution in [0.4, 0.5) is 0 Å². The van der Waals surface area contributed by atoms with Crippen molar-refractivity contribution in [3.8, 4) is 11.5 Å². The molecule has 2 aromatic rings. The smallest absolute Gasteiger partial charge is 0.355 e. The number of phenolic OH excluding ortho intramolecular Hbond substituents is 2. The van der Waals surface area contributed by atoms with Crippen LogP contribution in [0.25, 0.3) is 11.6 Å². The van der Waals surface area contributed by atoms with E-state index in [9.17, 15) is 15.0 Å². The zero-order chi connectivity index (χ0) is 17.4. The fourth-order valence-corrected chi connectivity index (χ4v) is 3.69. The van der Waals surface area contributed by atoms with Gasteiger partial charge in [0.2, 0.25) is 0 Å². The molecule has 1 heterocycles. The first-order chi connectivity index (χ1) is 11.4. The average Bonchev–Trinajstić information content (AvgIpc) is 2.80. The number of benzene rings is 2. The van der Waals surface area contributed by atoms with E-state index >= 15 is 0 Å². The van der Waals surface area contributed by atoms with Crippen molar-refractivity contribution in [1.29, 1.82) is 0 Å². The van der Waals surface area contributed by atoms with Crippen LogP contribution >= 0.6 is 43.5 Å². The van der Waals surface area contributed by atoms with Crippen molar-refractivity contribution in [2.45, 2.75) is 0 Å². The van der Waals surface area contributed by atoms with E-state index in [1.165, 1.54) is 12.1 Å². The summed E-state index contributed by atoms with van der Waals surface area (Å²) < 4.78 is 6.23. The Bertz CT molecular complexity index is 878. The molecule has 0 fully saturated rings. The maximum atomic E-state index is 11.9. The second-order valence-electron chi connectivity index (χ2n) is 4.97. The van der Waals surface area contributed by atoms with Crippen LogP contribution in [0.2, 0.25) is 0 Å². The first-order valence-corrected chi connectivity index (χ1v) is 8.64. The van der Waals surface area contributed by atoms with Crippen LogP contribution in [0.1, 0.15) is 11.1 Å². The number of carbonyl (C=O) groups excluding carboxylic acids is 1. The van der Waals surface area contributed by atoms with Crippen LogP contribution in [0.3, 0.4) is 0 Å². The minimum absolute atomic E-state index is 0.0242. The van der Waals surface area contributed by atoms with E-state index < -0.39 is 5.97 Å². The molecule has 1 aliphatic heterocycles. The highest BCUT2D eigenvalue weighted by Gasteiger charge is 2.29. The Kier molecular flexibility index (Phi) is 4.71. The van der Waals surface area contributed by atoms with Crippen molar-refractivity contribution in [3.05, 3.63) is 67.3 Å². The number of hydrogen-bond acceptors (Lipinski definition) is 4. The molecule has 122 valence electrons. The molecule has 1 aliphatic rings. The number of phenols is 2. The number of carbonyl (C=O) groups is 1. The highest BCUT2D eigenvalue weighted by molar-refractivity contribution is 9.11. The molecule has 2 aromatic carbocycles. The summed E-state index contributed by atoms with van der Waals surface area (Å²) in [6.45, 7) is 0. The maximum absolute atomic E-state index is 11.9. The van der Waals surface area contributed by atoms with Crippen LogP contribution in [0, 0.1) is 0 Å². The topological polar surface area (TPSA) is 66.8 Å². The second-order valence-corrected chi connectivity index (χ2v) is 7.05. The molecule has 0 unspecified atom stereocenters. The van der Waals surface area contributed by atoms with Crippen molar-refractivity contribution in [3.63, 3.8) is 0 Å². The SMILES string of the molecule is O=C1O/C(=C\c2cc(Br)c(O)c(Br)c2)C(c2ccc(O)cc2)=C1Cl. The standard InChI is InChI=1S/C17H9Br2ClO4/c18-11-5-8(6-12(19)16(11)22)7-13-14(15(20)17(23)24-13)9-1-3-10(21)4-2-9/h1-7,21-22H/b13-7-. The van der Waals surface area contributed by atoms with Gasteiger partial charge in [-0.15, -0.1) is 0 Å². The first kappa shape index (κ1) is 17.1. The summed E-state index contributed by atoms with van der Waals surface area (Å²) in [7, 11) is 0. The predicted octanol–water partition coefficient (Wildman–Crippen LogP) is 5.17. The Morgan fingerprint density at radius 1 is 1.04 bits per heavy atom. The summed E-state index contributed by atoms with van der Waals surface area (Å²) in [5.74, 6) is -0.159. The van der Waals surface area contributed by atoms with Gasteiger partial charge >= 0.3 is 5.97 Å². The number of aromatic hydroxyl groups is 2. The van der Waals surface area contributed by atoms with Crippen LogP contribution in [-0.4, -0.2) is 16.2 Å². The molecule has 0 spiro atoms. The lowest BCUT2D eigenvalue weighted by Crippen LogP contribution is -1.93. The third-order valence-corrected chi connectivity index (χ3v) is 4.89. The van der Waals surface area contributed by atoms with Gasteiger partial charge in [-0.25, -0.2) is 4.79 Å². The average molecular weight is 473 g/mol. The monoisotopic (exact) mass is 470 g/mol. The van der Waals surface area contributed by atoms with Crippen LogP contribution in [-0.2, 0) is 9.53 Å². The molecule has 7 heteroatoms. The normalized spacial score (nSPS) is 16.0. The van der Waals surface area contributed by atoms with Gasteiger partial charge in [-0.1, -0.05) is 23.7 Å². The van der Waals surface area contributed by atoms with Gasteiger partial charge in [-0.3, -0.25) is 0 Å². The summed E-state index contributed by atoms with van der Waals surface area (Å²) in [6.07, 6.45) is 1.64. The van der Waals surface area contributed by atoms with Crippen molar-refractivity contribution in [1.82, 2.24) is 0 Å². The lowest BCUT2D eigenvalue weighted by Gasteiger charge is -2.07. The largest absolute Gasteiger partial charge is 0.508 e. The van der Waals surface area contributed by atoms with E-state index in [1.54, 1.807) is 30.3 Å². The number of cyclic esters (lactones) is 1. The fraction of sp³-hybridized carbons (Fsp3) is 0. The highest BCUT2D eigenvalue weighted by Crippen LogP contribution is 2.39. The predicted molar refractivity (Wildman–Crippen MR) is 98.5 cm³/mol. The number of ether oxygens (including phenoxy) is 1. The molecule has 2 N–H and O–H groups in total. The van der Waals surface area contributed by atoms with Gasteiger partial charge in [0.25, 0.3) is 0 Å². The van der Waals surface area contributed by atoms with E-state index in [0.717, 1.165) is 0 Å². The van der Waals surface area contributed by atoms with E-state index in [0.29, 0.717) is 31.4 Å². The summed E-state index contributed by atoms with van der Waals surface area (Å²) in [4.78, 5) is 11.9. The van der Waals surface area contributed by atoms with Crippen molar-refractivity contribution >= 4 is 61.1 Å². The fourth-order valence-electron chi connectivity index (χ4n) is 2.22. The zero-order valence-corrected chi connectivity index (χ0v) is 15.8. The molecule has 0 radical (unpaired) electrons. The van der Waals surface area contributed by atoms with Crippen molar-refractivity contribution in [2.75, 3.05) is 0 Å². The Hall–Kier alpha value is -1.76. The van der Waals surface area contributed by atoms with Crippen molar-refractivity contribution in [2.24, 2.45) is 0 Å². The number of esters is 1. The number of halogens is 3. The van der Waals surface area contributed by atoms with Crippen LogP contribution < -0.4 is 0 Å². The molecular weight excluding hydrogens is 463 g/mol. The maximum Gasteiger partial charge on any atom is 0.355 e. The van der Waals surface area contributed by atoms with Gasteiger partial charge in [-0.2, -0.15) is 0 Å². The van der Waals surface area contributed by atoms with Crippen LogP contribution in [0.5, 0.6) is 11.5 Å². The minimum atomic E-state index is -0.636. The summed E-state index contributed by atoms with van der Waals surface area (Å²) >= 11 is 12.6. The quantitative estimate of drug-likeness (QED) is 0.592. The third kappa shape index (κ3) is 3.22. The summed E-state index contributed by atoms with van der Waals surface area (Å²) in [5.41, 5.74) is 1.78. The van der Waals surface area contributed by atoms with E-state index in [-0.39, 0.29) is 16.5 Å². The van der Waals surface area contributed by atoms with Gasteiger partial charge in [0.1, 0.15) is 22.3 Å². The van der Waals surface area contributed by atoms with Gasteiger partial charge in [0.15, 0.2) is 0 Å². The Morgan fingerprint density at radius 2 is 1.62 bits per heavy atom. The van der Waals surface area contributed by atoms with Gasteiger partial charge in [0.05, 0.1) is 14.5 Å². The second kappa shape index (κ2) is 6.63. The summed E-state index contributed by atoms with van der Waals surface area (Å²) in [5, 5.41) is 19.2. The van der Waals surface area contributed by atoms with Crippen LogP contribution in [0.15, 0.2) is 56.1 Å². The lowest BCUT2D eigenvalue weighted by molar-refractivity contribution is -0.132. The molecule has 24 heavy (non-hydrogen) atoms. The molecule has 0 bridgehead atoms. The molecule has 0 atom stereocenters. The number of allylic oxidation sites excluding steroid dienone is 1. The lowest BCUT2D eigenvalue weighted by atomic mass is 10.0. The van der Waals surface area contributed by atoms with Gasteiger partial charge in [-0.05, 0) is 73.3 Å². The molecule has 0 saturated carbocycles. The molecule has 0 aliphatic carbocycles. The van der Waals surface area contributed by atoms with Gasteiger partial charge in [0, 0.05) is 0 Å². The number of hydrogen-bond donors (Lipinski definition) is 2. The van der Waals surface area contributed by atoms with E-state index in [2.05, 4.69) is 31.9 Å². The molecule has 4 nitrogen and oxygen atoms in total. The molecular formula is C17H9Br2ClO4. The Balaban J connectivity index is 2.10. The molecule has 0 saturated heterocycles. The molecule has 0 aromatic heterocycles. The van der Waals surface area contributed by atoms with E-state index in [1.807, 2.05) is 0 Å². The van der Waals surface area contributed by atoms with E-state index in [4.69, 9.17) is 16.3 Å². The van der Waals surface area contributed by atoms with Crippen molar-refractivity contribution < 1.29 is 19.7 Å². The minimum Gasteiger partial charge on any atom is -0.508 e. The third-order valence-electron chi connectivity index (χ3n) is 3.34. The van der Waals surface area contributed by atoms with Gasteiger partial charge < -0.3 is 14.9 Å². The highest BCUT2D eigenvalue weighted by atomic mass is 79.9.